The van der Waals surface area contributed by atoms with Crippen LogP contribution in [0.4, 0.5) is 5.69 Å². The van der Waals surface area contributed by atoms with Crippen LogP contribution in [-0.4, -0.2) is 53.4 Å². The van der Waals surface area contributed by atoms with Crippen LogP contribution in [-0.2, 0) is 4.79 Å². The Kier molecular flexibility index (Phi) is 6.08. The van der Waals surface area contributed by atoms with Crippen molar-refractivity contribution in [2.75, 3.05) is 12.4 Å². The Morgan fingerprint density at radius 3 is 2.59 bits per heavy atom. The van der Waals surface area contributed by atoms with E-state index in [0.717, 1.165) is 5.56 Å². The fourth-order valence-corrected chi connectivity index (χ4v) is 3.26. The van der Waals surface area contributed by atoms with E-state index >= 15 is 0 Å². The van der Waals surface area contributed by atoms with Crippen molar-refractivity contribution in [3.05, 3.63) is 53.3 Å². The molecule has 2 aromatic heterocycles. The zero-order chi connectivity index (χ0) is 22.7. The number of nitrogens with one attached hydrogen (secondary N) is 1. The first kappa shape index (κ1) is 21.4. The average molecular weight is 454 g/mol. The molecule has 12 heteroatoms. The van der Waals surface area contributed by atoms with Gasteiger partial charge in [0.25, 0.3) is 5.91 Å². The average Bonchev–Trinajstić information content (AvgIpc) is 3.44. The smallest absolute Gasteiger partial charge is 0.251 e. The van der Waals surface area contributed by atoms with Crippen LogP contribution in [0.15, 0.2) is 42.5 Å². The Bertz CT molecular complexity index is 1240. The Hall–Kier alpha value is -3.86. The van der Waals surface area contributed by atoms with Crippen molar-refractivity contribution in [1.29, 1.82) is 0 Å². The van der Waals surface area contributed by atoms with E-state index in [4.69, 9.17) is 16.3 Å². The number of halogens is 1. The summed E-state index contributed by atoms with van der Waals surface area (Å²) in [5.74, 6) is 1.28. The van der Waals surface area contributed by atoms with Crippen LogP contribution < -0.4 is 10.1 Å². The highest BCUT2D eigenvalue weighted by Gasteiger charge is 2.23. The summed E-state index contributed by atoms with van der Waals surface area (Å²) in [6.07, 6.45) is 0.470. The number of carbonyl (C=O) groups is 1. The van der Waals surface area contributed by atoms with Gasteiger partial charge in [0.15, 0.2) is 11.9 Å². The monoisotopic (exact) mass is 453 g/mol. The van der Waals surface area contributed by atoms with Crippen LogP contribution in [0, 0.1) is 6.92 Å². The normalized spacial score (nSPS) is 11.9. The lowest BCUT2D eigenvalue weighted by molar-refractivity contribution is -0.119. The SMILES string of the molecule is CCC(C(=O)Nc1ccc(OC)c(-n2nnnc2C)c1)n1nnc(-c2ccc(Cl)cc2)n1. The number of amides is 1. The van der Waals surface area contributed by atoms with Gasteiger partial charge < -0.3 is 10.1 Å². The minimum absolute atomic E-state index is 0.280. The Balaban J connectivity index is 1.56. The van der Waals surface area contributed by atoms with Gasteiger partial charge in [-0.25, -0.2) is 0 Å². The summed E-state index contributed by atoms with van der Waals surface area (Å²) in [6.45, 7) is 3.64. The third kappa shape index (κ3) is 4.28. The minimum Gasteiger partial charge on any atom is -0.494 e. The highest BCUT2D eigenvalue weighted by Crippen LogP contribution is 2.27. The quantitative estimate of drug-likeness (QED) is 0.452. The van der Waals surface area contributed by atoms with E-state index in [1.165, 1.54) is 9.48 Å². The van der Waals surface area contributed by atoms with E-state index < -0.39 is 6.04 Å². The zero-order valence-corrected chi connectivity index (χ0v) is 18.4. The summed E-state index contributed by atoms with van der Waals surface area (Å²) in [5.41, 5.74) is 1.91. The number of benzene rings is 2. The van der Waals surface area contributed by atoms with E-state index in [1.54, 1.807) is 56.5 Å². The van der Waals surface area contributed by atoms with E-state index in [-0.39, 0.29) is 5.91 Å². The minimum atomic E-state index is -0.649. The molecule has 0 aliphatic rings. The Morgan fingerprint density at radius 1 is 1.16 bits per heavy atom. The second kappa shape index (κ2) is 9.10. The molecule has 1 atom stereocenters. The molecule has 0 aliphatic carbocycles. The first-order chi connectivity index (χ1) is 15.5. The first-order valence-electron chi connectivity index (χ1n) is 9.80. The van der Waals surface area contributed by atoms with Crippen LogP contribution in [0.5, 0.6) is 5.75 Å². The van der Waals surface area contributed by atoms with Crippen molar-refractivity contribution in [3.8, 4) is 22.8 Å². The lowest BCUT2D eigenvalue weighted by Crippen LogP contribution is -2.27. The molecule has 0 saturated heterocycles. The maximum atomic E-state index is 13.0. The molecule has 1 unspecified atom stereocenters. The molecule has 11 nitrogen and oxygen atoms in total. The number of aryl methyl sites for hydroxylation is 1. The number of rotatable bonds is 7. The van der Waals surface area contributed by atoms with Gasteiger partial charge >= 0.3 is 0 Å². The predicted octanol–water partition coefficient (Wildman–Crippen LogP) is 2.88. The third-order valence-corrected chi connectivity index (χ3v) is 5.05. The van der Waals surface area contributed by atoms with Crippen LogP contribution in [0.2, 0.25) is 5.02 Å². The molecular formula is C20H20ClN9O2. The van der Waals surface area contributed by atoms with E-state index in [9.17, 15) is 4.79 Å². The van der Waals surface area contributed by atoms with Gasteiger partial charge in [-0.15, -0.1) is 15.3 Å². The van der Waals surface area contributed by atoms with E-state index in [2.05, 4.69) is 36.3 Å². The summed E-state index contributed by atoms with van der Waals surface area (Å²) in [6, 6.07) is 11.6. The van der Waals surface area contributed by atoms with Crippen molar-refractivity contribution < 1.29 is 9.53 Å². The van der Waals surface area contributed by atoms with Gasteiger partial charge in [0, 0.05) is 16.3 Å². The predicted molar refractivity (Wildman–Crippen MR) is 117 cm³/mol. The largest absolute Gasteiger partial charge is 0.494 e. The molecule has 32 heavy (non-hydrogen) atoms. The molecule has 0 saturated carbocycles. The topological polar surface area (TPSA) is 126 Å². The second-order valence-corrected chi connectivity index (χ2v) is 7.31. The van der Waals surface area contributed by atoms with Gasteiger partial charge in [-0.05, 0) is 71.4 Å². The number of anilines is 1. The number of carbonyl (C=O) groups excluding carboxylic acids is 1. The van der Waals surface area contributed by atoms with Crippen LogP contribution in [0.1, 0.15) is 25.2 Å². The molecule has 4 rings (SSSR count). The van der Waals surface area contributed by atoms with Crippen molar-refractivity contribution in [2.24, 2.45) is 0 Å². The molecule has 0 aliphatic heterocycles. The zero-order valence-electron chi connectivity index (χ0n) is 17.6. The second-order valence-electron chi connectivity index (χ2n) is 6.88. The maximum absolute atomic E-state index is 13.0. The molecule has 0 fully saturated rings. The molecule has 0 spiro atoms. The maximum Gasteiger partial charge on any atom is 0.251 e. The molecule has 0 bridgehead atoms. The summed E-state index contributed by atoms with van der Waals surface area (Å²) in [7, 11) is 1.55. The van der Waals surface area contributed by atoms with Crippen molar-refractivity contribution in [3.63, 3.8) is 0 Å². The molecule has 1 amide bonds. The van der Waals surface area contributed by atoms with Crippen molar-refractivity contribution in [2.45, 2.75) is 26.3 Å². The Morgan fingerprint density at radius 2 is 1.94 bits per heavy atom. The number of hydrogen-bond acceptors (Lipinski definition) is 8. The number of nitrogens with zero attached hydrogens (tertiary/aromatic N) is 8. The summed E-state index contributed by atoms with van der Waals surface area (Å²) < 4.78 is 6.94. The van der Waals surface area contributed by atoms with Crippen LogP contribution in [0.3, 0.4) is 0 Å². The number of hydrogen-bond donors (Lipinski definition) is 1. The lowest BCUT2D eigenvalue weighted by atomic mass is 10.2. The van der Waals surface area contributed by atoms with Crippen molar-refractivity contribution in [1.82, 2.24) is 40.4 Å². The number of ether oxygens (including phenoxy) is 1. The van der Waals surface area contributed by atoms with Gasteiger partial charge in [0.2, 0.25) is 5.82 Å². The van der Waals surface area contributed by atoms with Gasteiger partial charge in [0.05, 0.1) is 7.11 Å². The summed E-state index contributed by atoms with van der Waals surface area (Å²) in [4.78, 5) is 14.3. The fourth-order valence-electron chi connectivity index (χ4n) is 3.14. The molecule has 0 radical (unpaired) electrons. The molecule has 1 N–H and O–H groups in total. The number of aromatic nitrogens is 8. The molecule has 2 aromatic carbocycles. The third-order valence-electron chi connectivity index (χ3n) is 4.80. The first-order valence-corrected chi connectivity index (χ1v) is 10.2. The van der Waals surface area contributed by atoms with Crippen LogP contribution in [0.25, 0.3) is 17.1 Å². The van der Waals surface area contributed by atoms with Gasteiger partial charge in [-0.3, -0.25) is 4.79 Å². The number of methoxy groups -OCH3 is 1. The standard InChI is InChI=1S/C20H20ClN9O2/c1-4-16(30-25-19(24-27-30)13-5-7-14(21)8-6-13)20(31)22-15-9-10-18(32-3)17(11-15)29-12(2)23-26-28-29/h5-11,16H,4H2,1-3H3,(H,22,31). The fraction of sp³-hybridized carbons (Fsp3) is 0.250. The molecule has 4 aromatic rings. The highest BCUT2D eigenvalue weighted by molar-refractivity contribution is 6.30. The van der Waals surface area contributed by atoms with Gasteiger partial charge in [0.1, 0.15) is 11.4 Å². The van der Waals surface area contributed by atoms with E-state index in [0.29, 0.717) is 40.2 Å². The molecular weight excluding hydrogens is 434 g/mol. The van der Waals surface area contributed by atoms with Gasteiger partial charge in [-0.1, -0.05) is 18.5 Å². The van der Waals surface area contributed by atoms with E-state index in [1.807, 2.05) is 6.92 Å². The lowest BCUT2D eigenvalue weighted by Gasteiger charge is -2.15. The Labute approximate surface area is 188 Å². The van der Waals surface area contributed by atoms with Gasteiger partial charge in [-0.2, -0.15) is 9.48 Å². The molecule has 164 valence electrons. The molecule has 2 heterocycles. The number of tetrazole rings is 2. The highest BCUT2D eigenvalue weighted by atomic mass is 35.5. The summed E-state index contributed by atoms with van der Waals surface area (Å²) in [5, 5.41) is 27.6. The van der Waals surface area contributed by atoms with Crippen molar-refractivity contribution >= 4 is 23.2 Å². The summed E-state index contributed by atoms with van der Waals surface area (Å²) >= 11 is 5.93. The van der Waals surface area contributed by atoms with Crippen LogP contribution >= 0.6 is 11.6 Å².